The zero-order chi connectivity index (χ0) is 35.8. The van der Waals surface area contributed by atoms with Gasteiger partial charge in [-0.3, -0.25) is 0 Å². The van der Waals surface area contributed by atoms with Gasteiger partial charge in [-0.1, -0.05) is 0 Å². The molecular weight excluding hydrogens is 743 g/mol. The molecule has 0 heterocycles. The first kappa shape index (κ1) is 37.8. The molecule has 0 amide bonds. The molecule has 2 aliphatic carbocycles. The Bertz CT molecular complexity index is 1800. The summed E-state index contributed by atoms with van der Waals surface area (Å²) in [6.07, 6.45) is 11.6. The van der Waals surface area contributed by atoms with Crippen LogP contribution < -0.4 is 0 Å². The molecule has 4 atom stereocenters. The maximum atomic E-state index is 8.82. The number of rotatable bonds is 13. The van der Waals surface area contributed by atoms with Crippen LogP contribution in [0.25, 0.3) is 34.4 Å². The maximum absolute atomic E-state index is 8.82. The van der Waals surface area contributed by atoms with E-state index in [1.165, 1.54) is 66.8 Å². The van der Waals surface area contributed by atoms with Crippen LogP contribution in [0.3, 0.4) is 0 Å². The summed E-state index contributed by atoms with van der Waals surface area (Å²) in [7, 11) is 17.6. The van der Waals surface area contributed by atoms with E-state index in [0.717, 1.165) is 38.5 Å². The quantitative estimate of drug-likeness (QED) is 0.118. The molecule has 0 radical (unpaired) electrons. The topological polar surface area (TPSA) is 0 Å². The predicted octanol–water partition coefficient (Wildman–Crippen LogP) is 15.2. The van der Waals surface area contributed by atoms with Gasteiger partial charge in [-0.25, -0.2) is 0 Å². The fourth-order valence-corrected chi connectivity index (χ4v) is 40.8. The first-order valence-electron chi connectivity index (χ1n) is 19.4. The fraction of sp³-hybridized carbons (Fsp3) is 0.391. The van der Waals surface area contributed by atoms with Gasteiger partial charge in [0.25, 0.3) is 0 Å². The van der Waals surface area contributed by atoms with Gasteiger partial charge in [-0.05, 0) is 0 Å². The van der Waals surface area contributed by atoms with Crippen LogP contribution in [0.2, 0.25) is 13.1 Å². The SMILES string of the molecule is CCCC1=Cc2c(-c3ccccc3C(C)CC)cccc2[CH]1[Zr]([Cl])([Cl])([CH]1C(CCC)=Cc2c(-c3ccccc3C(C)CC)cccc21)[SiH](C)C. The fourth-order valence-electron chi connectivity index (χ4n) is 9.33. The van der Waals surface area contributed by atoms with Crippen molar-refractivity contribution in [3.63, 3.8) is 0 Å². The van der Waals surface area contributed by atoms with Gasteiger partial charge in [0, 0.05) is 0 Å². The molecule has 0 saturated heterocycles. The van der Waals surface area contributed by atoms with Crippen LogP contribution >= 0.6 is 17.0 Å². The van der Waals surface area contributed by atoms with E-state index < -0.39 is 21.5 Å². The average Bonchev–Trinajstić information content (AvgIpc) is 3.70. The summed E-state index contributed by atoms with van der Waals surface area (Å²) in [5, 5.41) is 0. The van der Waals surface area contributed by atoms with Crippen LogP contribution in [0.1, 0.15) is 133 Å². The Balaban J connectivity index is 1.60. The van der Waals surface area contributed by atoms with Crippen molar-refractivity contribution < 1.29 is 15.6 Å². The molecule has 263 valence electrons. The number of fused-ring (bicyclic) bond motifs is 2. The Morgan fingerprint density at radius 2 is 0.940 bits per heavy atom. The average molecular weight is 800 g/mol. The normalized spacial score (nSPS) is 19.0. The van der Waals surface area contributed by atoms with Gasteiger partial charge in [-0.15, -0.1) is 0 Å². The van der Waals surface area contributed by atoms with Crippen molar-refractivity contribution in [3.05, 3.63) is 129 Å². The summed E-state index contributed by atoms with van der Waals surface area (Å²) >= 11 is -4.88. The summed E-state index contributed by atoms with van der Waals surface area (Å²) in [6, 6.07) is 32.2. The molecule has 0 aliphatic heterocycles. The second-order valence-electron chi connectivity index (χ2n) is 15.6. The van der Waals surface area contributed by atoms with Crippen molar-refractivity contribution in [1.82, 2.24) is 0 Å². The van der Waals surface area contributed by atoms with E-state index in [-0.39, 0.29) is 7.25 Å². The van der Waals surface area contributed by atoms with Crippen molar-refractivity contribution in [2.24, 2.45) is 0 Å². The summed E-state index contributed by atoms with van der Waals surface area (Å²) in [5.74, 6) is -0.670. The first-order chi connectivity index (χ1) is 24.0. The standard InChI is InChI=1S/2C22H25.C2H7Si.2ClH.Zr/c2*1-4-9-17-14-18-10-8-13-21(22(18)15-17)20-12-7-6-11-19(20)16(3)5-2;1-3-2;;;/h2*6-8,10-16H,4-5,9H2,1-3H3;3H,1-2H3;2*1H;/q;;;;;+2/p-2. The van der Waals surface area contributed by atoms with Crippen molar-refractivity contribution in [2.75, 3.05) is 0 Å². The van der Waals surface area contributed by atoms with Gasteiger partial charge in [-0.2, -0.15) is 0 Å². The van der Waals surface area contributed by atoms with Gasteiger partial charge in [0.15, 0.2) is 0 Å². The van der Waals surface area contributed by atoms with Crippen molar-refractivity contribution in [1.29, 1.82) is 0 Å². The molecule has 0 bridgehead atoms. The van der Waals surface area contributed by atoms with Gasteiger partial charge >= 0.3 is 315 Å². The summed E-state index contributed by atoms with van der Waals surface area (Å²) in [5.41, 5.74) is 16.7. The van der Waals surface area contributed by atoms with Crippen LogP contribution in [-0.2, 0) is 15.6 Å². The Kier molecular flexibility index (Phi) is 11.5. The van der Waals surface area contributed by atoms with Gasteiger partial charge in [0.1, 0.15) is 0 Å². The molecule has 4 aromatic carbocycles. The predicted molar refractivity (Wildman–Crippen MR) is 223 cm³/mol. The zero-order valence-corrected chi connectivity index (χ0v) is 36.7. The van der Waals surface area contributed by atoms with Gasteiger partial charge in [0.2, 0.25) is 0 Å². The van der Waals surface area contributed by atoms with E-state index in [1.807, 2.05) is 0 Å². The molecule has 4 unspecified atom stereocenters. The zero-order valence-electron chi connectivity index (χ0n) is 31.6. The van der Waals surface area contributed by atoms with Crippen LogP contribution in [0.5, 0.6) is 0 Å². The van der Waals surface area contributed by atoms with Crippen molar-refractivity contribution in [3.8, 4) is 22.3 Å². The minimum absolute atomic E-state index is 0.115. The van der Waals surface area contributed by atoms with Crippen LogP contribution in [0.15, 0.2) is 96.1 Å². The molecule has 6 rings (SSSR count). The number of hydrogen-bond acceptors (Lipinski definition) is 0. The van der Waals surface area contributed by atoms with E-state index in [9.17, 15) is 0 Å². The minimum atomic E-state index is -4.88. The molecule has 0 aromatic heterocycles. The molecule has 0 spiro atoms. The Morgan fingerprint density at radius 1 is 0.560 bits per heavy atom. The first-order valence-corrected chi connectivity index (χ1v) is 35.7. The summed E-state index contributed by atoms with van der Waals surface area (Å²) in [4.78, 5) is 0. The summed E-state index contributed by atoms with van der Waals surface area (Å²) in [6.45, 7) is 18.9. The van der Waals surface area contributed by atoms with E-state index in [2.05, 4.69) is 152 Å². The third-order valence-electron chi connectivity index (χ3n) is 12.4. The van der Waals surface area contributed by atoms with E-state index >= 15 is 0 Å². The summed E-state index contributed by atoms with van der Waals surface area (Å²) < 4.78 is 0.230. The van der Waals surface area contributed by atoms with E-state index in [4.69, 9.17) is 17.0 Å². The van der Waals surface area contributed by atoms with Crippen LogP contribution in [-0.4, -0.2) is 5.92 Å². The molecule has 50 heavy (non-hydrogen) atoms. The van der Waals surface area contributed by atoms with E-state index in [1.54, 1.807) is 0 Å². The molecule has 0 N–H and O–H groups in total. The Hall–Kier alpha value is -1.96. The van der Waals surface area contributed by atoms with Crippen LogP contribution in [0, 0.1) is 0 Å². The molecular formula is C46H57Cl2SiZr. The Morgan fingerprint density at radius 3 is 1.30 bits per heavy atom. The number of hydrogen-bond donors (Lipinski definition) is 0. The second kappa shape index (κ2) is 15.2. The third kappa shape index (κ3) is 6.27. The molecule has 2 aliphatic rings. The number of benzene rings is 4. The van der Waals surface area contributed by atoms with E-state index in [0.29, 0.717) is 11.8 Å². The molecule has 4 aromatic rings. The van der Waals surface area contributed by atoms with Crippen LogP contribution in [0.4, 0.5) is 0 Å². The molecule has 0 fully saturated rings. The second-order valence-corrected chi connectivity index (χ2v) is 58.1. The Labute approximate surface area is 312 Å². The monoisotopic (exact) mass is 797 g/mol. The third-order valence-corrected chi connectivity index (χ3v) is 64.2. The van der Waals surface area contributed by atoms with Gasteiger partial charge in [0.05, 0.1) is 0 Å². The number of allylic oxidation sites excluding steroid dienone is 2. The molecule has 0 saturated carbocycles. The molecule has 4 heteroatoms. The number of halogens is 2. The van der Waals surface area contributed by atoms with Gasteiger partial charge < -0.3 is 0 Å². The van der Waals surface area contributed by atoms with Crippen molar-refractivity contribution >= 4 is 35.1 Å². The molecule has 0 nitrogen and oxygen atoms in total. The van der Waals surface area contributed by atoms with Crippen molar-refractivity contribution in [2.45, 2.75) is 112 Å².